The van der Waals surface area contributed by atoms with E-state index >= 15 is 0 Å². The topological polar surface area (TPSA) is 87.5 Å². The standard InChI is InChI=1S/C15H18N2O5S/c1-12-4-6-14(7-5-12)23(19,20)22-13(2)15(18)21-11-10-17-9-3-8-16-17/h3-9,13H,10-11H2,1-2H3. The maximum Gasteiger partial charge on any atom is 0.336 e. The van der Waals surface area contributed by atoms with Crippen molar-refractivity contribution in [1.29, 1.82) is 0 Å². The molecule has 1 heterocycles. The number of hydrogen-bond donors (Lipinski definition) is 0. The van der Waals surface area contributed by atoms with Crippen LogP contribution in [0.25, 0.3) is 0 Å². The van der Waals surface area contributed by atoms with E-state index in [-0.39, 0.29) is 11.5 Å². The molecule has 8 heteroatoms. The van der Waals surface area contributed by atoms with Crippen LogP contribution in [0.3, 0.4) is 0 Å². The minimum absolute atomic E-state index is 0.000656. The quantitative estimate of drug-likeness (QED) is 0.562. The smallest absolute Gasteiger partial charge is 0.336 e. The molecule has 0 N–H and O–H groups in total. The Kier molecular flexibility index (Phi) is 5.51. The molecular formula is C15H18N2O5S. The number of rotatable bonds is 7. The second-order valence-electron chi connectivity index (χ2n) is 4.94. The molecule has 0 amide bonds. The summed E-state index contributed by atoms with van der Waals surface area (Å²) in [4.78, 5) is 11.8. The molecule has 0 bridgehead atoms. The average molecular weight is 338 g/mol. The van der Waals surface area contributed by atoms with Crippen molar-refractivity contribution in [3.63, 3.8) is 0 Å². The van der Waals surface area contributed by atoms with Gasteiger partial charge in [-0.2, -0.15) is 13.5 Å². The first-order valence-corrected chi connectivity index (χ1v) is 8.43. The molecule has 7 nitrogen and oxygen atoms in total. The zero-order valence-corrected chi connectivity index (χ0v) is 13.7. The number of carbonyl (C=O) groups excluding carboxylic acids is 1. The second-order valence-corrected chi connectivity index (χ2v) is 6.51. The predicted molar refractivity (Wildman–Crippen MR) is 82.1 cm³/mol. The molecule has 0 radical (unpaired) electrons. The molecule has 1 aromatic heterocycles. The summed E-state index contributed by atoms with van der Waals surface area (Å²) in [6, 6.07) is 7.93. The SMILES string of the molecule is Cc1ccc(S(=O)(=O)OC(C)C(=O)OCCn2cccn2)cc1. The normalized spacial score (nSPS) is 12.8. The molecule has 1 atom stereocenters. The summed E-state index contributed by atoms with van der Waals surface area (Å²) < 4.78 is 35.6. The third kappa shape index (κ3) is 4.90. The number of carbonyl (C=O) groups is 1. The van der Waals surface area contributed by atoms with Crippen LogP contribution in [0.5, 0.6) is 0 Å². The Morgan fingerprint density at radius 3 is 2.61 bits per heavy atom. The van der Waals surface area contributed by atoms with E-state index in [1.165, 1.54) is 19.1 Å². The van der Waals surface area contributed by atoms with E-state index < -0.39 is 22.2 Å². The highest BCUT2D eigenvalue weighted by Gasteiger charge is 2.24. The van der Waals surface area contributed by atoms with Crippen LogP contribution in [-0.2, 0) is 30.4 Å². The lowest BCUT2D eigenvalue weighted by Gasteiger charge is -2.13. The number of esters is 1. The van der Waals surface area contributed by atoms with Crippen LogP contribution in [0.15, 0.2) is 47.6 Å². The van der Waals surface area contributed by atoms with E-state index in [0.717, 1.165) is 5.56 Å². The van der Waals surface area contributed by atoms with E-state index in [4.69, 9.17) is 8.92 Å². The van der Waals surface area contributed by atoms with Crippen LogP contribution < -0.4 is 0 Å². The molecule has 1 aromatic carbocycles. The van der Waals surface area contributed by atoms with Gasteiger partial charge in [0.05, 0.1) is 11.4 Å². The highest BCUT2D eigenvalue weighted by Crippen LogP contribution is 2.15. The molecule has 0 aliphatic carbocycles. The van der Waals surface area contributed by atoms with Gasteiger partial charge in [-0.15, -0.1) is 0 Å². The first-order chi connectivity index (χ1) is 10.9. The molecule has 124 valence electrons. The predicted octanol–water partition coefficient (Wildman–Crippen LogP) is 1.53. The fraction of sp³-hybridized carbons (Fsp3) is 0.333. The molecule has 0 spiro atoms. The Balaban J connectivity index is 1.88. The van der Waals surface area contributed by atoms with Crippen molar-refractivity contribution in [2.75, 3.05) is 6.61 Å². The van der Waals surface area contributed by atoms with Crippen molar-refractivity contribution in [3.05, 3.63) is 48.3 Å². The van der Waals surface area contributed by atoms with Crippen molar-refractivity contribution in [2.24, 2.45) is 0 Å². The maximum absolute atomic E-state index is 12.1. The van der Waals surface area contributed by atoms with Gasteiger partial charge in [0.25, 0.3) is 10.1 Å². The summed E-state index contributed by atoms with van der Waals surface area (Å²) in [5.74, 6) is -0.743. The van der Waals surface area contributed by atoms with Gasteiger partial charge >= 0.3 is 5.97 Å². The van der Waals surface area contributed by atoms with Crippen molar-refractivity contribution in [2.45, 2.75) is 31.4 Å². The van der Waals surface area contributed by atoms with Gasteiger partial charge in [-0.3, -0.25) is 8.86 Å². The largest absolute Gasteiger partial charge is 0.462 e. The highest BCUT2D eigenvalue weighted by molar-refractivity contribution is 7.86. The zero-order valence-electron chi connectivity index (χ0n) is 12.9. The van der Waals surface area contributed by atoms with Crippen molar-refractivity contribution < 1.29 is 22.1 Å². The third-order valence-electron chi connectivity index (χ3n) is 3.04. The van der Waals surface area contributed by atoms with Crippen molar-refractivity contribution >= 4 is 16.1 Å². The minimum atomic E-state index is -4.01. The Bertz CT molecular complexity index is 739. The van der Waals surface area contributed by atoms with Gasteiger partial charge < -0.3 is 4.74 Å². The highest BCUT2D eigenvalue weighted by atomic mass is 32.2. The minimum Gasteiger partial charge on any atom is -0.462 e. The Morgan fingerprint density at radius 2 is 2.00 bits per heavy atom. The lowest BCUT2D eigenvalue weighted by atomic mass is 10.2. The van der Waals surface area contributed by atoms with Crippen molar-refractivity contribution in [1.82, 2.24) is 9.78 Å². The Hall–Kier alpha value is -2.19. The fourth-order valence-corrected chi connectivity index (χ4v) is 2.82. The maximum atomic E-state index is 12.1. The van der Waals surface area contributed by atoms with E-state index in [0.29, 0.717) is 6.54 Å². The van der Waals surface area contributed by atoms with Gasteiger partial charge in [-0.05, 0) is 32.0 Å². The van der Waals surface area contributed by atoms with E-state index in [1.807, 2.05) is 6.92 Å². The Morgan fingerprint density at radius 1 is 1.30 bits per heavy atom. The molecule has 0 saturated carbocycles. The lowest BCUT2D eigenvalue weighted by molar-refractivity contribution is -0.151. The fourth-order valence-electron chi connectivity index (χ4n) is 1.78. The summed E-state index contributed by atoms with van der Waals surface area (Å²) in [5.41, 5.74) is 0.926. The van der Waals surface area contributed by atoms with Crippen LogP contribution in [-0.4, -0.2) is 36.9 Å². The number of benzene rings is 1. The first-order valence-electron chi connectivity index (χ1n) is 7.02. The second kappa shape index (κ2) is 7.38. The first kappa shape index (κ1) is 17.2. The van der Waals surface area contributed by atoms with Crippen molar-refractivity contribution in [3.8, 4) is 0 Å². The van der Waals surface area contributed by atoms with Crippen LogP contribution >= 0.6 is 0 Å². The monoisotopic (exact) mass is 338 g/mol. The summed E-state index contributed by atoms with van der Waals surface area (Å²) in [6.07, 6.45) is 2.12. The van der Waals surface area contributed by atoms with Gasteiger partial charge in [0.1, 0.15) is 6.61 Å². The number of aromatic nitrogens is 2. The van der Waals surface area contributed by atoms with Crippen LogP contribution in [0.1, 0.15) is 12.5 Å². The molecule has 0 saturated heterocycles. The Labute approximate surface area is 135 Å². The number of nitrogens with zero attached hydrogens (tertiary/aromatic N) is 2. The summed E-state index contributed by atoms with van der Waals surface area (Å²) in [7, 11) is -4.01. The molecule has 0 aliphatic rings. The molecule has 0 aliphatic heterocycles. The number of aryl methyl sites for hydroxylation is 1. The van der Waals surface area contributed by atoms with E-state index in [1.54, 1.807) is 35.3 Å². The molecule has 1 unspecified atom stereocenters. The van der Waals surface area contributed by atoms with Crippen LogP contribution in [0.4, 0.5) is 0 Å². The third-order valence-corrected chi connectivity index (χ3v) is 4.43. The summed E-state index contributed by atoms with van der Waals surface area (Å²) >= 11 is 0. The average Bonchev–Trinajstić information content (AvgIpc) is 3.00. The van der Waals surface area contributed by atoms with Gasteiger partial charge in [-0.1, -0.05) is 17.7 Å². The lowest BCUT2D eigenvalue weighted by Crippen LogP contribution is -2.27. The number of ether oxygens (including phenoxy) is 1. The van der Waals surface area contributed by atoms with Gasteiger partial charge in [-0.25, -0.2) is 4.79 Å². The van der Waals surface area contributed by atoms with E-state index in [9.17, 15) is 13.2 Å². The zero-order chi connectivity index (χ0) is 16.9. The van der Waals surface area contributed by atoms with Gasteiger partial charge in [0.15, 0.2) is 6.10 Å². The number of hydrogen-bond acceptors (Lipinski definition) is 6. The van der Waals surface area contributed by atoms with Crippen LogP contribution in [0, 0.1) is 6.92 Å². The van der Waals surface area contributed by atoms with Gasteiger partial charge in [0.2, 0.25) is 0 Å². The molecule has 2 aromatic rings. The van der Waals surface area contributed by atoms with E-state index in [2.05, 4.69) is 5.10 Å². The summed E-state index contributed by atoms with van der Waals surface area (Å²) in [5, 5.41) is 3.96. The molecular weight excluding hydrogens is 320 g/mol. The van der Waals surface area contributed by atoms with Crippen LogP contribution in [0.2, 0.25) is 0 Å². The molecule has 2 rings (SSSR count). The molecule has 23 heavy (non-hydrogen) atoms. The molecule has 0 fully saturated rings. The van der Waals surface area contributed by atoms with Gasteiger partial charge in [0, 0.05) is 12.4 Å². The summed E-state index contributed by atoms with van der Waals surface area (Å²) in [6.45, 7) is 3.65.